The summed E-state index contributed by atoms with van der Waals surface area (Å²) in [5.74, 6) is -0.874. The second-order valence-electron chi connectivity index (χ2n) is 4.46. The number of carboxylic acid groups (broad SMARTS) is 1. The van der Waals surface area contributed by atoms with E-state index < -0.39 is 5.97 Å². The molecule has 6 heteroatoms. The van der Waals surface area contributed by atoms with E-state index in [1.807, 2.05) is 0 Å². The molecule has 1 rings (SSSR count). The van der Waals surface area contributed by atoms with E-state index in [0.717, 1.165) is 0 Å². The predicted molar refractivity (Wildman–Crippen MR) is 70.9 cm³/mol. The second kappa shape index (κ2) is 7.91. The van der Waals surface area contributed by atoms with Gasteiger partial charge in [0.25, 0.3) is 0 Å². The lowest BCUT2D eigenvalue weighted by Crippen LogP contribution is -2.49. The zero-order valence-corrected chi connectivity index (χ0v) is 11.5. The first-order chi connectivity index (χ1) is 9.06. The summed E-state index contributed by atoms with van der Waals surface area (Å²) in [5, 5.41) is 11.9. The van der Waals surface area contributed by atoms with Crippen LogP contribution in [-0.2, 0) is 14.3 Å². The van der Waals surface area contributed by atoms with Crippen molar-refractivity contribution in [2.24, 2.45) is 0 Å². The van der Waals surface area contributed by atoms with E-state index in [1.54, 1.807) is 24.8 Å². The molecule has 1 amide bonds. The Morgan fingerprint density at radius 2 is 2.05 bits per heavy atom. The summed E-state index contributed by atoms with van der Waals surface area (Å²) in [6, 6.07) is -0.318. The third-order valence-corrected chi connectivity index (χ3v) is 3.12. The van der Waals surface area contributed by atoms with Crippen molar-refractivity contribution in [1.82, 2.24) is 10.2 Å². The van der Waals surface area contributed by atoms with Crippen molar-refractivity contribution in [3.63, 3.8) is 0 Å². The Labute approximate surface area is 113 Å². The van der Waals surface area contributed by atoms with Crippen LogP contribution in [0.5, 0.6) is 0 Å². The molecule has 0 aromatic carbocycles. The predicted octanol–water partition coefficient (Wildman–Crippen LogP) is 0.244. The first kappa shape index (κ1) is 15.7. The van der Waals surface area contributed by atoms with E-state index in [0.29, 0.717) is 44.8 Å². The average Bonchev–Trinajstić information content (AvgIpc) is 2.43. The number of hydrogen-bond donors (Lipinski definition) is 2. The van der Waals surface area contributed by atoms with Gasteiger partial charge in [-0.3, -0.25) is 4.79 Å². The number of aliphatic carboxylic acids is 1. The molecule has 1 saturated heterocycles. The van der Waals surface area contributed by atoms with Crippen molar-refractivity contribution in [2.75, 3.05) is 32.8 Å². The largest absolute Gasteiger partial charge is 0.478 e. The van der Waals surface area contributed by atoms with Crippen molar-refractivity contribution in [1.29, 1.82) is 0 Å². The smallest absolute Gasteiger partial charge is 0.331 e. The zero-order chi connectivity index (χ0) is 14.3. The van der Waals surface area contributed by atoms with E-state index >= 15 is 0 Å². The molecule has 0 aromatic heterocycles. The maximum absolute atomic E-state index is 12.0. The van der Waals surface area contributed by atoms with Crippen LogP contribution in [0.25, 0.3) is 0 Å². The first-order valence-electron chi connectivity index (χ1n) is 6.58. The minimum atomic E-state index is -0.906. The maximum atomic E-state index is 12.0. The summed E-state index contributed by atoms with van der Waals surface area (Å²) in [6.07, 6.45) is 2.09. The van der Waals surface area contributed by atoms with Crippen LogP contribution in [0.15, 0.2) is 11.6 Å². The van der Waals surface area contributed by atoms with Crippen LogP contribution >= 0.6 is 0 Å². The van der Waals surface area contributed by atoms with E-state index in [1.165, 1.54) is 0 Å². The van der Waals surface area contributed by atoms with Gasteiger partial charge in [-0.25, -0.2) is 4.79 Å². The van der Waals surface area contributed by atoms with Gasteiger partial charge in [-0.2, -0.15) is 0 Å². The topological polar surface area (TPSA) is 78.9 Å². The van der Waals surface area contributed by atoms with E-state index in [4.69, 9.17) is 9.84 Å². The Hall–Kier alpha value is -1.40. The number of nitrogens with one attached hydrogen (secondary N) is 1. The molecule has 0 saturated carbocycles. The Kier molecular flexibility index (Phi) is 6.52. The highest BCUT2D eigenvalue weighted by Crippen LogP contribution is 2.02. The highest BCUT2D eigenvalue weighted by Gasteiger charge is 2.21. The second-order valence-corrected chi connectivity index (χ2v) is 4.46. The van der Waals surface area contributed by atoms with Crippen molar-refractivity contribution in [2.45, 2.75) is 26.3 Å². The van der Waals surface area contributed by atoms with E-state index in [2.05, 4.69) is 5.32 Å². The molecule has 108 valence electrons. The van der Waals surface area contributed by atoms with Gasteiger partial charge in [0.2, 0.25) is 5.91 Å². The number of carbonyl (C=O) groups is 2. The Morgan fingerprint density at radius 1 is 1.42 bits per heavy atom. The van der Waals surface area contributed by atoms with Gasteiger partial charge in [-0.05, 0) is 13.3 Å². The highest BCUT2D eigenvalue weighted by molar-refractivity contribution is 5.86. The minimum absolute atomic E-state index is 0.0325. The number of rotatable bonds is 6. The molecule has 19 heavy (non-hydrogen) atoms. The van der Waals surface area contributed by atoms with Crippen LogP contribution in [0.3, 0.4) is 0 Å². The number of morpholine rings is 1. The SMILES string of the molecule is CCC(=CCNC(C)C(=O)N1CCOCC1)C(=O)O. The molecular weight excluding hydrogens is 248 g/mol. The highest BCUT2D eigenvalue weighted by atomic mass is 16.5. The van der Waals surface area contributed by atoms with E-state index in [-0.39, 0.29) is 11.9 Å². The standard InChI is InChI=1S/C13H22N2O4/c1-3-11(13(17)18)4-5-14-10(2)12(16)15-6-8-19-9-7-15/h4,10,14H,3,5-9H2,1-2H3,(H,17,18). The zero-order valence-electron chi connectivity index (χ0n) is 11.5. The molecule has 1 fully saturated rings. The Bertz CT molecular complexity index is 349. The molecule has 0 spiro atoms. The Balaban J connectivity index is 2.39. The fraction of sp³-hybridized carbons (Fsp3) is 0.692. The number of amides is 1. The molecule has 0 radical (unpaired) electrons. The normalized spacial score (nSPS) is 18.2. The summed E-state index contributed by atoms with van der Waals surface area (Å²) in [5.41, 5.74) is 0.360. The van der Waals surface area contributed by atoms with Crippen LogP contribution < -0.4 is 5.32 Å². The molecule has 1 aliphatic rings. The van der Waals surface area contributed by atoms with Crippen LogP contribution in [0.2, 0.25) is 0 Å². The quantitative estimate of drug-likeness (QED) is 0.676. The summed E-state index contributed by atoms with van der Waals surface area (Å²) >= 11 is 0. The lowest BCUT2D eigenvalue weighted by atomic mass is 10.2. The molecule has 1 heterocycles. The molecule has 1 aliphatic heterocycles. The van der Waals surface area contributed by atoms with Gasteiger partial charge >= 0.3 is 5.97 Å². The van der Waals surface area contributed by atoms with Crippen molar-refractivity contribution < 1.29 is 19.4 Å². The molecular formula is C13H22N2O4. The number of nitrogens with zero attached hydrogens (tertiary/aromatic N) is 1. The van der Waals surface area contributed by atoms with Gasteiger partial charge < -0.3 is 20.1 Å². The molecule has 0 aromatic rings. The molecule has 1 atom stereocenters. The molecule has 1 unspecified atom stereocenters. The number of carboxylic acids is 1. The van der Waals surface area contributed by atoms with Crippen molar-refractivity contribution in [3.8, 4) is 0 Å². The molecule has 0 aliphatic carbocycles. The van der Waals surface area contributed by atoms with Gasteiger partial charge in [-0.1, -0.05) is 13.0 Å². The van der Waals surface area contributed by atoms with Gasteiger partial charge in [0.05, 0.1) is 19.3 Å². The van der Waals surface area contributed by atoms with Crippen LogP contribution in [-0.4, -0.2) is 60.8 Å². The third-order valence-electron chi connectivity index (χ3n) is 3.12. The Morgan fingerprint density at radius 3 is 2.58 bits per heavy atom. The van der Waals surface area contributed by atoms with Crippen molar-refractivity contribution in [3.05, 3.63) is 11.6 Å². The molecule has 6 nitrogen and oxygen atoms in total. The van der Waals surface area contributed by atoms with Gasteiger partial charge in [0.1, 0.15) is 0 Å². The van der Waals surface area contributed by atoms with E-state index in [9.17, 15) is 9.59 Å². The van der Waals surface area contributed by atoms with Gasteiger partial charge in [0.15, 0.2) is 0 Å². The summed E-state index contributed by atoms with van der Waals surface area (Å²) in [7, 11) is 0. The lowest BCUT2D eigenvalue weighted by molar-refractivity contribution is -0.137. The number of hydrogen-bond acceptors (Lipinski definition) is 4. The number of carbonyl (C=O) groups excluding carboxylic acids is 1. The maximum Gasteiger partial charge on any atom is 0.331 e. The van der Waals surface area contributed by atoms with Crippen molar-refractivity contribution >= 4 is 11.9 Å². The summed E-state index contributed by atoms with van der Waals surface area (Å²) in [6.45, 7) is 6.37. The van der Waals surface area contributed by atoms with Crippen LogP contribution in [0.4, 0.5) is 0 Å². The molecule has 0 bridgehead atoms. The monoisotopic (exact) mass is 270 g/mol. The average molecular weight is 270 g/mol. The van der Waals surface area contributed by atoms with Crippen LogP contribution in [0, 0.1) is 0 Å². The molecule has 2 N–H and O–H groups in total. The van der Waals surface area contributed by atoms with Gasteiger partial charge in [0, 0.05) is 25.2 Å². The summed E-state index contributed by atoms with van der Waals surface area (Å²) in [4.78, 5) is 24.6. The van der Waals surface area contributed by atoms with Crippen LogP contribution in [0.1, 0.15) is 20.3 Å². The summed E-state index contributed by atoms with van der Waals surface area (Å²) < 4.78 is 5.19. The minimum Gasteiger partial charge on any atom is -0.478 e. The van der Waals surface area contributed by atoms with Gasteiger partial charge in [-0.15, -0.1) is 0 Å². The third kappa shape index (κ3) is 5.00. The fourth-order valence-corrected chi connectivity index (χ4v) is 1.89. The first-order valence-corrected chi connectivity index (χ1v) is 6.58. The fourth-order valence-electron chi connectivity index (χ4n) is 1.89. The lowest BCUT2D eigenvalue weighted by Gasteiger charge is -2.29. The number of ether oxygens (including phenoxy) is 1.